The fraction of sp³-hybridized carbons (Fsp3) is 0.200. The average molecular weight is 190 g/mol. The van der Waals surface area contributed by atoms with Gasteiger partial charge in [0.1, 0.15) is 0 Å². The van der Waals surface area contributed by atoms with Gasteiger partial charge in [0.2, 0.25) is 5.88 Å². The Kier molecular flexibility index (Phi) is 2.28. The molecule has 14 heavy (non-hydrogen) atoms. The Labute approximate surface area is 81.2 Å². The van der Waals surface area contributed by atoms with Crippen molar-refractivity contribution in [2.75, 3.05) is 7.11 Å². The molecule has 2 aromatic heterocycles. The van der Waals surface area contributed by atoms with Crippen molar-refractivity contribution >= 4 is 10.9 Å². The molecule has 2 aromatic rings. The van der Waals surface area contributed by atoms with Crippen LogP contribution in [0.5, 0.6) is 5.88 Å². The highest BCUT2D eigenvalue weighted by atomic mass is 16.5. The predicted molar refractivity (Wildman–Crippen MR) is 52.0 cm³/mol. The van der Waals surface area contributed by atoms with Crippen LogP contribution in [0.25, 0.3) is 10.9 Å². The van der Waals surface area contributed by atoms with Crippen molar-refractivity contribution in [3.8, 4) is 5.88 Å². The number of hydrogen-bond acceptors (Lipinski definition) is 4. The zero-order chi connectivity index (χ0) is 9.97. The molecule has 0 spiro atoms. The molecular formula is C10H10N2O2. The molecule has 0 aliphatic carbocycles. The number of fused-ring (bicyclic) bond motifs is 1. The Morgan fingerprint density at radius 2 is 2.36 bits per heavy atom. The Hall–Kier alpha value is -1.68. The summed E-state index contributed by atoms with van der Waals surface area (Å²) in [5.41, 5.74) is 1.49. The van der Waals surface area contributed by atoms with E-state index < -0.39 is 0 Å². The van der Waals surface area contributed by atoms with Crippen molar-refractivity contribution in [2.45, 2.75) is 6.61 Å². The molecule has 0 saturated heterocycles. The molecule has 0 amide bonds. The van der Waals surface area contributed by atoms with Crippen LogP contribution < -0.4 is 4.74 Å². The van der Waals surface area contributed by atoms with Gasteiger partial charge in [0.25, 0.3) is 0 Å². The van der Waals surface area contributed by atoms with Crippen LogP contribution in [-0.2, 0) is 6.61 Å². The van der Waals surface area contributed by atoms with Gasteiger partial charge in [-0.15, -0.1) is 0 Å². The average Bonchev–Trinajstić information content (AvgIpc) is 2.27. The van der Waals surface area contributed by atoms with Crippen molar-refractivity contribution in [3.63, 3.8) is 0 Å². The summed E-state index contributed by atoms with van der Waals surface area (Å²) in [5, 5.41) is 9.97. The third-order valence-corrected chi connectivity index (χ3v) is 2.02. The van der Waals surface area contributed by atoms with Crippen LogP contribution in [-0.4, -0.2) is 22.2 Å². The van der Waals surface area contributed by atoms with Crippen LogP contribution >= 0.6 is 0 Å². The molecule has 0 aromatic carbocycles. The third-order valence-electron chi connectivity index (χ3n) is 2.02. The minimum absolute atomic E-state index is 0.0823. The highest BCUT2D eigenvalue weighted by Gasteiger charge is 2.05. The van der Waals surface area contributed by atoms with Gasteiger partial charge in [-0.1, -0.05) is 0 Å². The number of hydrogen-bond donors (Lipinski definition) is 1. The Morgan fingerprint density at radius 3 is 3.07 bits per heavy atom. The number of aromatic nitrogens is 2. The highest BCUT2D eigenvalue weighted by Crippen LogP contribution is 2.20. The van der Waals surface area contributed by atoms with Crippen LogP contribution in [0.1, 0.15) is 5.56 Å². The summed E-state index contributed by atoms with van der Waals surface area (Å²) in [4.78, 5) is 8.22. The van der Waals surface area contributed by atoms with Crippen LogP contribution in [0.3, 0.4) is 0 Å². The Bertz CT molecular complexity index is 414. The molecule has 0 atom stereocenters. The number of aliphatic hydroxyl groups is 1. The highest BCUT2D eigenvalue weighted by molar-refractivity contribution is 5.78. The molecule has 0 fully saturated rings. The Morgan fingerprint density at radius 1 is 1.50 bits per heavy atom. The van der Waals surface area contributed by atoms with E-state index in [1.54, 1.807) is 18.5 Å². The molecule has 1 N–H and O–H groups in total. The minimum Gasteiger partial charge on any atom is -0.481 e. The quantitative estimate of drug-likeness (QED) is 0.771. The van der Waals surface area contributed by atoms with Crippen LogP contribution in [0.4, 0.5) is 0 Å². The summed E-state index contributed by atoms with van der Waals surface area (Å²) in [7, 11) is 1.54. The molecule has 0 unspecified atom stereocenters. The summed E-state index contributed by atoms with van der Waals surface area (Å²) in [6.45, 7) is -0.0823. The van der Waals surface area contributed by atoms with Gasteiger partial charge in [-0.25, -0.2) is 4.98 Å². The van der Waals surface area contributed by atoms with E-state index in [9.17, 15) is 0 Å². The van der Waals surface area contributed by atoms with Crippen molar-refractivity contribution < 1.29 is 9.84 Å². The maximum Gasteiger partial charge on any atom is 0.219 e. The lowest BCUT2D eigenvalue weighted by Crippen LogP contribution is -1.95. The first kappa shape index (κ1) is 8.90. The van der Waals surface area contributed by atoms with Gasteiger partial charge in [-0.05, 0) is 12.1 Å². The number of nitrogens with zero attached hydrogens (tertiary/aromatic N) is 2. The summed E-state index contributed by atoms with van der Waals surface area (Å²) < 4.78 is 5.05. The van der Waals surface area contributed by atoms with Gasteiger partial charge < -0.3 is 9.84 Å². The van der Waals surface area contributed by atoms with E-state index in [-0.39, 0.29) is 6.61 Å². The summed E-state index contributed by atoms with van der Waals surface area (Å²) >= 11 is 0. The summed E-state index contributed by atoms with van der Waals surface area (Å²) in [5.74, 6) is 0.464. The summed E-state index contributed by atoms with van der Waals surface area (Å²) in [6, 6.07) is 3.63. The first-order valence-electron chi connectivity index (χ1n) is 4.23. The second-order valence-electron chi connectivity index (χ2n) is 2.88. The first-order chi connectivity index (χ1) is 6.85. The monoisotopic (exact) mass is 190 g/mol. The zero-order valence-corrected chi connectivity index (χ0v) is 7.77. The van der Waals surface area contributed by atoms with E-state index in [0.29, 0.717) is 11.4 Å². The van der Waals surface area contributed by atoms with Gasteiger partial charge in [-0.3, -0.25) is 4.98 Å². The SMILES string of the molecule is COc1nc2ccncc2cc1CO. The standard InChI is InChI=1S/C10H10N2O2/c1-14-10-8(6-13)4-7-5-11-3-2-9(7)12-10/h2-5,13H,6H2,1H3. The molecule has 0 bridgehead atoms. The minimum atomic E-state index is -0.0823. The lowest BCUT2D eigenvalue weighted by Gasteiger charge is -2.06. The van der Waals surface area contributed by atoms with Crippen LogP contribution in [0.15, 0.2) is 24.5 Å². The molecule has 4 heteroatoms. The maximum absolute atomic E-state index is 9.07. The van der Waals surface area contributed by atoms with E-state index in [1.165, 1.54) is 7.11 Å². The number of pyridine rings is 2. The molecule has 2 rings (SSSR count). The second-order valence-corrected chi connectivity index (χ2v) is 2.88. The zero-order valence-electron chi connectivity index (χ0n) is 7.77. The topological polar surface area (TPSA) is 55.2 Å². The molecular weight excluding hydrogens is 180 g/mol. The molecule has 0 aliphatic heterocycles. The fourth-order valence-electron chi connectivity index (χ4n) is 1.33. The van der Waals surface area contributed by atoms with Crippen molar-refractivity contribution in [1.29, 1.82) is 0 Å². The van der Waals surface area contributed by atoms with Gasteiger partial charge in [-0.2, -0.15) is 0 Å². The largest absolute Gasteiger partial charge is 0.481 e. The van der Waals surface area contributed by atoms with Gasteiger partial charge in [0, 0.05) is 23.3 Å². The molecule has 0 aliphatic rings. The first-order valence-corrected chi connectivity index (χ1v) is 4.23. The lowest BCUT2D eigenvalue weighted by molar-refractivity contribution is 0.272. The van der Waals surface area contributed by atoms with Gasteiger partial charge in [0.15, 0.2) is 0 Å². The van der Waals surface area contributed by atoms with E-state index in [0.717, 1.165) is 10.9 Å². The van der Waals surface area contributed by atoms with E-state index in [2.05, 4.69) is 9.97 Å². The Balaban J connectivity index is 2.69. The van der Waals surface area contributed by atoms with Crippen molar-refractivity contribution in [3.05, 3.63) is 30.1 Å². The lowest BCUT2D eigenvalue weighted by atomic mass is 10.2. The van der Waals surface area contributed by atoms with Gasteiger partial charge >= 0.3 is 0 Å². The van der Waals surface area contributed by atoms with E-state index in [1.807, 2.05) is 6.07 Å². The number of rotatable bonds is 2. The van der Waals surface area contributed by atoms with Crippen molar-refractivity contribution in [2.24, 2.45) is 0 Å². The van der Waals surface area contributed by atoms with E-state index >= 15 is 0 Å². The smallest absolute Gasteiger partial charge is 0.219 e. The molecule has 0 saturated carbocycles. The predicted octanol–water partition coefficient (Wildman–Crippen LogP) is 1.13. The number of ether oxygens (including phenoxy) is 1. The van der Waals surface area contributed by atoms with E-state index in [4.69, 9.17) is 9.84 Å². The summed E-state index contributed by atoms with van der Waals surface area (Å²) in [6.07, 6.45) is 3.38. The number of methoxy groups -OCH3 is 1. The molecule has 0 radical (unpaired) electrons. The molecule has 4 nitrogen and oxygen atoms in total. The van der Waals surface area contributed by atoms with Crippen molar-refractivity contribution in [1.82, 2.24) is 9.97 Å². The number of aliphatic hydroxyl groups excluding tert-OH is 1. The fourth-order valence-corrected chi connectivity index (χ4v) is 1.33. The normalized spacial score (nSPS) is 10.4. The molecule has 72 valence electrons. The maximum atomic E-state index is 9.07. The van der Waals surface area contributed by atoms with Crippen LogP contribution in [0.2, 0.25) is 0 Å². The molecule has 2 heterocycles. The van der Waals surface area contributed by atoms with Crippen LogP contribution in [0, 0.1) is 0 Å². The third kappa shape index (κ3) is 1.40. The second kappa shape index (κ2) is 3.59. The van der Waals surface area contributed by atoms with Gasteiger partial charge in [0.05, 0.1) is 19.2 Å².